The Bertz CT molecular complexity index is 729. The molecule has 25 heavy (non-hydrogen) atoms. The monoisotopic (exact) mass is 345 g/mol. The first-order chi connectivity index (χ1) is 11.8. The number of benzene rings is 1. The summed E-state index contributed by atoms with van der Waals surface area (Å²) in [5, 5.41) is 5.41. The first-order valence-electron chi connectivity index (χ1n) is 8.47. The van der Waals surface area contributed by atoms with E-state index in [9.17, 15) is 14.4 Å². The molecule has 1 saturated heterocycles. The normalized spacial score (nSPS) is 19.7. The van der Waals surface area contributed by atoms with Crippen molar-refractivity contribution in [1.29, 1.82) is 0 Å². The number of hydrogen-bond acceptors (Lipinski definition) is 4. The Labute approximate surface area is 146 Å². The molecule has 2 aliphatic rings. The number of fused-ring (bicyclic) bond motifs is 1. The highest BCUT2D eigenvalue weighted by atomic mass is 16.5. The van der Waals surface area contributed by atoms with Crippen molar-refractivity contribution >= 4 is 17.8 Å². The fraction of sp³-hybridized carbons (Fsp3) is 0.500. The molecule has 2 aliphatic heterocycles. The molecule has 0 spiro atoms. The van der Waals surface area contributed by atoms with Gasteiger partial charge in [0.25, 0.3) is 5.91 Å². The predicted octanol–water partition coefficient (Wildman–Crippen LogP) is 1.52. The average Bonchev–Trinajstić information content (AvgIpc) is 2.76. The average molecular weight is 345 g/mol. The van der Waals surface area contributed by atoms with Crippen LogP contribution in [0.3, 0.4) is 0 Å². The van der Waals surface area contributed by atoms with Crippen molar-refractivity contribution < 1.29 is 19.1 Å². The highest BCUT2D eigenvalue weighted by Crippen LogP contribution is 2.27. The van der Waals surface area contributed by atoms with Crippen molar-refractivity contribution in [3.63, 3.8) is 0 Å². The van der Waals surface area contributed by atoms with E-state index in [1.807, 2.05) is 25.1 Å². The second-order valence-corrected chi connectivity index (χ2v) is 7.05. The molecule has 7 nitrogen and oxygen atoms in total. The number of carbonyl (C=O) groups is 3. The zero-order valence-corrected chi connectivity index (χ0v) is 14.7. The van der Waals surface area contributed by atoms with E-state index in [0.29, 0.717) is 0 Å². The van der Waals surface area contributed by atoms with Crippen molar-refractivity contribution in [3.8, 4) is 5.75 Å². The van der Waals surface area contributed by atoms with Crippen molar-refractivity contribution in [3.05, 3.63) is 29.3 Å². The standard InChI is InChI=1S/C18H23N3O4/c1-11(12-6-7-14-13(9-12)5-4-8-25-14)19-15(22)10-21-16(23)18(2,3)20-17(21)24/h6-7,9,11H,4-5,8,10H2,1-3H3,(H,19,22)(H,20,24)/t11-/m1/s1. The number of hydrogen-bond donors (Lipinski definition) is 2. The zero-order valence-electron chi connectivity index (χ0n) is 14.7. The SMILES string of the molecule is C[C@@H](NC(=O)CN1C(=O)NC(C)(C)C1=O)c1ccc2c(c1)CCCO2. The fourth-order valence-electron chi connectivity index (χ4n) is 3.13. The van der Waals surface area contributed by atoms with Gasteiger partial charge in [-0.3, -0.25) is 14.5 Å². The lowest BCUT2D eigenvalue weighted by Gasteiger charge is -2.21. The van der Waals surface area contributed by atoms with Crippen LogP contribution >= 0.6 is 0 Å². The minimum absolute atomic E-state index is 0.228. The molecule has 7 heteroatoms. The van der Waals surface area contributed by atoms with Crippen molar-refractivity contribution in [1.82, 2.24) is 15.5 Å². The van der Waals surface area contributed by atoms with Gasteiger partial charge in [0.15, 0.2) is 0 Å². The van der Waals surface area contributed by atoms with E-state index in [1.165, 1.54) is 0 Å². The maximum Gasteiger partial charge on any atom is 0.325 e. The largest absolute Gasteiger partial charge is 0.493 e. The van der Waals surface area contributed by atoms with Gasteiger partial charge >= 0.3 is 6.03 Å². The van der Waals surface area contributed by atoms with Gasteiger partial charge in [0.05, 0.1) is 12.6 Å². The van der Waals surface area contributed by atoms with E-state index in [4.69, 9.17) is 4.74 Å². The number of imide groups is 1. The van der Waals surface area contributed by atoms with Crippen molar-refractivity contribution in [2.24, 2.45) is 0 Å². The van der Waals surface area contributed by atoms with Gasteiger partial charge in [-0.2, -0.15) is 0 Å². The van der Waals surface area contributed by atoms with Crippen LogP contribution in [0.25, 0.3) is 0 Å². The Balaban J connectivity index is 1.63. The van der Waals surface area contributed by atoms with E-state index in [1.54, 1.807) is 13.8 Å². The lowest BCUT2D eigenvalue weighted by Crippen LogP contribution is -2.43. The summed E-state index contributed by atoms with van der Waals surface area (Å²) in [4.78, 5) is 37.2. The summed E-state index contributed by atoms with van der Waals surface area (Å²) in [6, 6.07) is 5.12. The lowest BCUT2D eigenvalue weighted by atomic mass is 10.00. The van der Waals surface area contributed by atoms with Crippen LogP contribution in [0.15, 0.2) is 18.2 Å². The highest BCUT2D eigenvalue weighted by Gasteiger charge is 2.44. The van der Waals surface area contributed by atoms with E-state index >= 15 is 0 Å². The molecule has 4 amide bonds. The summed E-state index contributed by atoms with van der Waals surface area (Å²) >= 11 is 0. The Morgan fingerprint density at radius 2 is 2.16 bits per heavy atom. The second-order valence-electron chi connectivity index (χ2n) is 7.05. The van der Waals surface area contributed by atoms with Crippen LogP contribution in [0.5, 0.6) is 5.75 Å². The third-order valence-corrected chi connectivity index (χ3v) is 4.56. The second kappa shape index (κ2) is 6.38. The summed E-state index contributed by atoms with van der Waals surface area (Å²) in [7, 11) is 0. The number of nitrogens with zero attached hydrogens (tertiary/aromatic N) is 1. The number of nitrogens with one attached hydrogen (secondary N) is 2. The topological polar surface area (TPSA) is 87.7 Å². The summed E-state index contributed by atoms with van der Waals surface area (Å²) in [6.07, 6.45) is 1.94. The van der Waals surface area contributed by atoms with Crippen molar-refractivity contribution in [2.75, 3.05) is 13.2 Å². The lowest BCUT2D eigenvalue weighted by molar-refractivity contribution is -0.134. The van der Waals surface area contributed by atoms with Crippen LogP contribution in [0.1, 0.15) is 44.4 Å². The van der Waals surface area contributed by atoms with Gasteiger partial charge in [-0.1, -0.05) is 12.1 Å². The van der Waals surface area contributed by atoms with Crippen LogP contribution in [0, 0.1) is 0 Å². The first-order valence-corrected chi connectivity index (χ1v) is 8.47. The van der Waals surface area contributed by atoms with Gasteiger partial charge in [0, 0.05) is 0 Å². The van der Waals surface area contributed by atoms with Crippen LogP contribution in [-0.4, -0.2) is 41.4 Å². The summed E-state index contributed by atoms with van der Waals surface area (Å²) in [5.74, 6) is 0.129. The molecule has 1 fully saturated rings. The number of rotatable bonds is 4. The van der Waals surface area contributed by atoms with Crippen molar-refractivity contribution in [2.45, 2.75) is 45.2 Å². The molecule has 0 aromatic heterocycles. The number of ether oxygens (including phenoxy) is 1. The van der Waals surface area contributed by atoms with Crippen LogP contribution in [0.4, 0.5) is 4.79 Å². The highest BCUT2D eigenvalue weighted by molar-refractivity contribution is 6.08. The molecule has 3 rings (SSSR count). The summed E-state index contributed by atoms with van der Waals surface area (Å²) < 4.78 is 5.60. The quantitative estimate of drug-likeness (QED) is 0.810. The number of aryl methyl sites for hydroxylation is 1. The van der Waals surface area contributed by atoms with Gasteiger partial charge in [-0.15, -0.1) is 0 Å². The maximum atomic E-state index is 12.3. The molecule has 0 aliphatic carbocycles. The van der Waals surface area contributed by atoms with E-state index in [-0.39, 0.29) is 18.5 Å². The van der Waals surface area contributed by atoms with E-state index in [2.05, 4.69) is 10.6 Å². The molecule has 2 N–H and O–H groups in total. The van der Waals surface area contributed by atoms with E-state index < -0.39 is 17.5 Å². The summed E-state index contributed by atoms with van der Waals surface area (Å²) in [6.45, 7) is 5.55. The minimum Gasteiger partial charge on any atom is -0.493 e. The third kappa shape index (κ3) is 3.45. The molecule has 0 unspecified atom stereocenters. The molecule has 2 heterocycles. The maximum absolute atomic E-state index is 12.3. The van der Waals surface area contributed by atoms with Gasteiger partial charge in [-0.05, 0) is 50.8 Å². The fourth-order valence-corrected chi connectivity index (χ4v) is 3.13. The molecular weight excluding hydrogens is 322 g/mol. The zero-order chi connectivity index (χ0) is 18.2. The summed E-state index contributed by atoms with van der Waals surface area (Å²) in [5.41, 5.74) is 1.14. The van der Waals surface area contributed by atoms with Crippen LogP contribution in [0.2, 0.25) is 0 Å². The third-order valence-electron chi connectivity index (χ3n) is 4.56. The molecule has 0 bridgehead atoms. The molecule has 1 atom stereocenters. The Morgan fingerprint density at radius 1 is 1.40 bits per heavy atom. The minimum atomic E-state index is -0.971. The Morgan fingerprint density at radius 3 is 2.84 bits per heavy atom. The molecule has 0 saturated carbocycles. The van der Waals surface area contributed by atoms with Crippen LogP contribution < -0.4 is 15.4 Å². The molecular formula is C18H23N3O4. The Kier molecular flexibility index (Phi) is 4.41. The number of urea groups is 1. The molecule has 1 aromatic carbocycles. The number of carbonyl (C=O) groups excluding carboxylic acids is 3. The van der Waals surface area contributed by atoms with Gasteiger partial charge < -0.3 is 15.4 Å². The molecule has 1 aromatic rings. The number of amides is 4. The van der Waals surface area contributed by atoms with Gasteiger partial charge in [0.1, 0.15) is 17.8 Å². The van der Waals surface area contributed by atoms with Gasteiger partial charge in [-0.25, -0.2) is 4.79 Å². The Hall–Kier alpha value is -2.57. The van der Waals surface area contributed by atoms with Gasteiger partial charge in [0.2, 0.25) is 5.91 Å². The molecule has 0 radical (unpaired) electrons. The first kappa shape index (κ1) is 17.3. The smallest absolute Gasteiger partial charge is 0.325 e. The predicted molar refractivity (Wildman–Crippen MR) is 91.1 cm³/mol. The molecule has 134 valence electrons. The van der Waals surface area contributed by atoms with Crippen LogP contribution in [-0.2, 0) is 16.0 Å². The van der Waals surface area contributed by atoms with E-state index in [0.717, 1.165) is 41.2 Å².